The number of rotatable bonds is 6. The van der Waals surface area contributed by atoms with Crippen LogP contribution in [0.3, 0.4) is 0 Å². The lowest BCUT2D eigenvalue weighted by molar-refractivity contribution is -0.129. The third-order valence-corrected chi connectivity index (χ3v) is 8.31. The molecular formula is C21H25N3O4S2. The second-order valence-electron chi connectivity index (χ2n) is 7.68. The zero-order valence-corrected chi connectivity index (χ0v) is 18.5. The van der Waals surface area contributed by atoms with Crippen LogP contribution < -0.4 is 0 Å². The zero-order chi connectivity index (χ0) is 21.3. The van der Waals surface area contributed by atoms with Crippen molar-refractivity contribution in [1.82, 2.24) is 14.1 Å². The Kier molecular flexibility index (Phi) is 5.95. The standard InChI is InChI=1S/C21H25N3O4S2/c1-16(25)22-9-11-23(12-10-22)30(27,28)20-6-2-4-17(14-20)21(26)24(18-7-8-18)15-19-5-3-13-29-19/h2-6,13-14,18H,7-12,15H2,1H3. The highest BCUT2D eigenvalue weighted by molar-refractivity contribution is 7.89. The van der Waals surface area contributed by atoms with E-state index in [0.29, 0.717) is 25.2 Å². The summed E-state index contributed by atoms with van der Waals surface area (Å²) in [5, 5.41) is 1.99. The Balaban J connectivity index is 1.53. The van der Waals surface area contributed by atoms with Gasteiger partial charge in [-0.2, -0.15) is 4.31 Å². The topological polar surface area (TPSA) is 78.0 Å². The van der Waals surface area contributed by atoms with Crippen LogP contribution in [-0.2, 0) is 21.4 Å². The molecular weight excluding hydrogens is 422 g/mol. The lowest BCUT2D eigenvalue weighted by Gasteiger charge is -2.33. The third-order valence-electron chi connectivity index (χ3n) is 5.56. The minimum absolute atomic E-state index is 0.0504. The Morgan fingerprint density at radius 3 is 2.43 bits per heavy atom. The summed E-state index contributed by atoms with van der Waals surface area (Å²) in [5.41, 5.74) is 0.391. The summed E-state index contributed by atoms with van der Waals surface area (Å²) in [7, 11) is -3.72. The predicted octanol–water partition coefficient (Wildman–Crippen LogP) is 2.41. The molecule has 0 N–H and O–H groups in total. The van der Waals surface area contributed by atoms with Gasteiger partial charge in [-0.1, -0.05) is 12.1 Å². The molecule has 2 aliphatic rings. The molecule has 9 heteroatoms. The highest BCUT2D eigenvalue weighted by Crippen LogP contribution is 2.31. The van der Waals surface area contributed by atoms with Crippen LogP contribution in [0.15, 0.2) is 46.7 Å². The summed E-state index contributed by atoms with van der Waals surface area (Å²) in [6.07, 6.45) is 1.96. The van der Waals surface area contributed by atoms with E-state index in [0.717, 1.165) is 17.7 Å². The first-order valence-corrected chi connectivity index (χ1v) is 12.4. The fourth-order valence-electron chi connectivity index (χ4n) is 3.67. The number of nitrogens with zero attached hydrogens (tertiary/aromatic N) is 3. The Hall–Kier alpha value is -2.23. The summed E-state index contributed by atoms with van der Waals surface area (Å²) in [5.74, 6) is -0.185. The maximum Gasteiger partial charge on any atom is 0.254 e. The van der Waals surface area contributed by atoms with Gasteiger partial charge in [0.05, 0.1) is 11.4 Å². The van der Waals surface area contributed by atoms with Crippen molar-refractivity contribution < 1.29 is 18.0 Å². The van der Waals surface area contributed by atoms with Gasteiger partial charge in [-0.25, -0.2) is 8.42 Å². The molecule has 0 spiro atoms. The van der Waals surface area contributed by atoms with Crippen LogP contribution in [0.1, 0.15) is 35.0 Å². The van der Waals surface area contributed by atoms with Crippen LogP contribution >= 0.6 is 11.3 Å². The van der Waals surface area contributed by atoms with Gasteiger partial charge in [-0.05, 0) is 42.5 Å². The lowest BCUT2D eigenvalue weighted by Crippen LogP contribution is -2.49. The van der Waals surface area contributed by atoms with Crippen molar-refractivity contribution >= 4 is 33.2 Å². The third kappa shape index (κ3) is 4.43. The molecule has 4 rings (SSSR count). The number of amides is 2. The molecule has 2 fully saturated rings. The molecule has 1 aromatic carbocycles. The normalized spacial score (nSPS) is 17.7. The smallest absolute Gasteiger partial charge is 0.254 e. The van der Waals surface area contributed by atoms with Crippen LogP contribution in [0.2, 0.25) is 0 Å². The zero-order valence-electron chi connectivity index (χ0n) is 16.9. The molecule has 1 saturated carbocycles. The van der Waals surface area contributed by atoms with E-state index in [-0.39, 0.29) is 35.8 Å². The summed E-state index contributed by atoms with van der Waals surface area (Å²) >= 11 is 1.61. The molecule has 2 amide bonds. The summed E-state index contributed by atoms with van der Waals surface area (Å²) < 4.78 is 27.6. The minimum atomic E-state index is -3.72. The molecule has 1 aliphatic heterocycles. The highest BCUT2D eigenvalue weighted by atomic mass is 32.2. The second-order valence-corrected chi connectivity index (χ2v) is 10.7. The van der Waals surface area contributed by atoms with Crippen LogP contribution in [0.25, 0.3) is 0 Å². The van der Waals surface area contributed by atoms with Crippen LogP contribution in [0.5, 0.6) is 0 Å². The van der Waals surface area contributed by atoms with Crippen molar-refractivity contribution in [3.63, 3.8) is 0 Å². The van der Waals surface area contributed by atoms with Crippen molar-refractivity contribution in [3.05, 3.63) is 52.2 Å². The van der Waals surface area contributed by atoms with Crippen molar-refractivity contribution in [3.8, 4) is 0 Å². The molecule has 0 unspecified atom stereocenters. The van der Waals surface area contributed by atoms with E-state index >= 15 is 0 Å². The van der Waals surface area contributed by atoms with Gasteiger partial charge in [0.15, 0.2) is 0 Å². The van der Waals surface area contributed by atoms with Gasteiger partial charge in [-0.15, -0.1) is 11.3 Å². The number of thiophene rings is 1. The molecule has 2 heterocycles. The van der Waals surface area contributed by atoms with E-state index in [9.17, 15) is 18.0 Å². The van der Waals surface area contributed by atoms with Gasteiger partial charge >= 0.3 is 0 Å². The number of piperazine rings is 1. The number of carbonyl (C=O) groups is 2. The minimum Gasteiger partial charge on any atom is -0.340 e. The van der Waals surface area contributed by atoms with Gasteiger partial charge in [-0.3, -0.25) is 9.59 Å². The highest BCUT2D eigenvalue weighted by Gasteiger charge is 2.34. The van der Waals surface area contributed by atoms with Crippen molar-refractivity contribution in [1.29, 1.82) is 0 Å². The molecule has 0 atom stereocenters. The number of hydrogen-bond donors (Lipinski definition) is 0. The molecule has 1 saturated heterocycles. The van der Waals surface area contributed by atoms with Crippen LogP contribution in [-0.4, -0.2) is 66.6 Å². The quantitative estimate of drug-likeness (QED) is 0.681. The van der Waals surface area contributed by atoms with E-state index in [1.807, 2.05) is 22.4 Å². The number of hydrogen-bond acceptors (Lipinski definition) is 5. The number of sulfonamides is 1. The molecule has 2 aromatic rings. The average molecular weight is 448 g/mol. The second kappa shape index (κ2) is 8.49. The van der Waals surface area contributed by atoms with Crippen LogP contribution in [0, 0.1) is 0 Å². The van der Waals surface area contributed by atoms with Crippen LogP contribution in [0.4, 0.5) is 0 Å². The van der Waals surface area contributed by atoms with Gasteiger partial charge in [0.1, 0.15) is 0 Å². The molecule has 0 radical (unpaired) electrons. The first-order valence-electron chi connectivity index (χ1n) is 10.1. The van der Waals surface area contributed by atoms with Gasteiger partial charge in [0.25, 0.3) is 5.91 Å². The fourth-order valence-corrected chi connectivity index (χ4v) is 5.84. The molecule has 1 aliphatic carbocycles. The Labute approximate surface area is 180 Å². The van der Waals surface area contributed by atoms with Crippen molar-refractivity contribution in [2.75, 3.05) is 26.2 Å². The molecule has 7 nitrogen and oxygen atoms in total. The Morgan fingerprint density at radius 2 is 1.83 bits per heavy atom. The van der Waals surface area contributed by atoms with E-state index in [2.05, 4.69) is 0 Å². The monoisotopic (exact) mass is 447 g/mol. The summed E-state index contributed by atoms with van der Waals surface area (Å²) in [6, 6.07) is 10.5. The maximum absolute atomic E-state index is 13.2. The molecule has 30 heavy (non-hydrogen) atoms. The number of carbonyl (C=O) groups excluding carboxylic acids is 2. The average Bonchev–Trinajstić information content (AvgIpc) is 3.47. The van der Waals surface area contributed by atoms with E-state index in [1.165, 1.54) is 23.4 Å². The van der Waals surface area contributed by atoms with Crippen molar-refractivity contribution in [2.45, 2.75) is 37.2 Å². The molecule has 160 valence electrons. The maximum atomic E-state index is 13.2. The first-order chi connectivity index (χ1) is 14.4. The fraction of sp³-hybridized carbons (Fsp3) is 0.429. The lowest BCUT2D eigenvalue weighted by atomic mass is 10.2. The SMILES string of the molecule is CC(=O)N1CCN(S(=O)(=O)c2cccc(C(=O)N(Cc3cccs3)C3CC3)c2)CC1. The Morgan fingerprint density at radius 1 is 1.10 bits per heavy atom. The van der Waals surface area contributed by atoms with Gasteiger partial charge in [0, 0.05) is 49.6 Å². The van der Waals surface area contributed by atoms with Crippen molar-refractivity contribution in [2.24, 2.45) is 0 Å². The van der Waals surface area contributed by atoms with E-state index in [1.54, 1.807) is 28.4 Å². The summed E-state index contributed by atoms with van der Waals surface area (Å²) in [4.78, 5) is 29.4. The van der Waals surface area contributed by atoms with E-state index in [4.69, 9.17) is 0 Å². The largest absolute Gasteiger partial charge is 0.340 e. The van der Waals surface area contributed by atoms with E-state index < -0.39 is 10.0 Å². The summed E-state index contributed by atoms with van der Waals surface area (Å²) in [6.45, 7) is 3.30. The molecule has 1 aromatic heterocycles. The first kappa shape index (κ1) is 21.0. The predicted molar refractivity (Wildman–Crippen MR) is 115 cm³/mol. The number of benzene rings is 1. The molecule has 0 bridgehead atoms. The Bertz CT molecular complexity index is 1020. The van der Waals surface area contributed by atoms with Gasteiger partial charge < -0.3 is 9.80 Å². The van der Waals surface area contributed by atoms with Gasteiger partial charge in [0.2, 0.25) is 15.9 Å².